The van der Waals surface area contributed by atoms with Crippen LogP contribution in [-0.2, 0) is 28.4 Å². The Morgan fingerprint density at radius 1 is 0.692 bits per heavy atom. The maximum absolute atomic E-state index is 11.2. The van der Waals surface area contributed by atoms with E-state index in [2.05, 4.69) is 27.7 Å². The van der Waals surface area contributed by atoms with Crippen LogP contribution in [0.4, 0.5) is 0 Å². The van der Waals surface area contributed by atoms with Gasteiger partial charge in [0, 0.05) is 12.3 Å². The van der Waals surface area contributed by atoms with Crippen molar-refractivity contribution in [2.24, 2.45) is 52.3 Å². The molecule has 7 N–H and O–H groups in total. The standard InChI is InChI=1S/C39H64O13/c1-18-9-12-39(47-17-18)19(2)28-25(52-39)13-24-22-8-6-20-5-7-21(14-38(20,4)23(22)10-11-37(24,28)3)48-36-34(32(45)30(43)27(16-41)50-36)51-35-33(46)31(44)29(42)26(15-40)49-35/h18-36,40-46H,5-17H2,1-4H3/t18?,19?,20?,21?,22?,23?,24?,25?,26-,27-,28?,29-,30-,31+,32+,33-,34?,35+,36-,37?,38?,39?/m1/s1. The average Bonchev–Trinajstić information content (AvgIpc) is 3.57. The van der Waals surface area contributed by atoms with Crippen LogP contribution in [0.25, 0.3) is 0 Å². The molecule has 13 unspecified atom stereocenters. The normalized spacial score (nSPS) is 59.0. The SMILES string of the molecule is CC1CCC2(OC1)OC1CC3C4CCC5CCC(O[C@@H]6O[C@H](CO)[C@@H](O)[C@H](O)C6O[C@@H]6O[C@H](CO)[C@@H](O)[C@H](O)[C@H]6O)CC5(C)C4CCC3(C)C1C2C. The molecule has 52 heavy (non-hydrogen) atoms. The highest BCUT2D eigenvalue weighted by Gasteiger charge is 2.69. The molecule has 8 rings (SSSR count). The first-order valence-electron chi connectivity index (χ1n) is 20.3. The minimum atomic E-state index is -1.71. The van der Waals surface area contributed by atoms with Crippen LogP contribution < -0.4 is 0 Å². The van der Waals surface area contributed by atoms with Gasteiger partial charge in [-0.3, -0.25) is 0 Å². The first-order chi connectivity index (χ1) is 24.7. The predicted octanol–water partition coefficient (Wildman–Crippen LogP) is 1.44. The molecular weight excluding hydrogens is 676 g/mol. The van der Waals surface area contributed by atoms with Gasteiger partial charge >= 0.3 is 0 Å². The summed E-state index contributed by atoms with van der Waals surface area (Å²) in [6.07, 6.45) is -4.00. The molecule has 22 atom stereocenters. The topological polar surface area (TPSA) is 197 Å². The number of fused-ring (bicyclic) bond motifs is 7. The highest BCUT2D eigenvalue weighted by atomic mass is 16.8. The molecule has 0 aromatic carbocycles. The number of ether oxygens (including phenoxy) is 6. The molecule has 0 radical (unpaired) electrons. The van der Waals surface area contributed by atoms with Crippen molar-refractivity contribution in [1.82, 2.24) is 0 Å². The summed E-state index contributed by atoms with van der Waals surface area (Å²) in [6.45, 7) is 9.24. The van der Waals surface area contributed by atoms with Gasteiger partial charge in [-0.15, -0.1) is 0 Å². The summed E-state index contributed by atoms with van der Waals surface area (Å²) in [5.74, 6) is 3.35. The van der Waals surface area contributed by atoms with Gasteiger partial charge in [0.2, 0.25) is 0 Å². The Hall–Kier alpha value is -0.520. The van der Waals surface area contributed by atoms with Crippen molar-refractivity contribution < 1.29 is 64.2 Å². The van der Waals surface area contributed by atoms with E-state index in [1.165, 1.54) is 25.7 Å². The summed E-state index contributed by atoms with van der Waals surface area (Å²) in [5, 5.41) is 73.0. The van der Waals surface area contributed by atoms with Gasteiger partial charge < -0.3 is 64.2 Å². The van der Waals surface area contributed by atoms with Crippen molar-refractivity contribution in [3.63, 3.8) is 0 Å². The summed E-state index contributed by atoms with van der Waals surface area (Å²) < 4.78 is 37.8. The molecule has 0 amide bonds. The second kappa shape index (κ2) is 14.1. The lowest BCUT2D eigenvalue weighted by atomic mass is 9.44. The largest absolute Gasteiger partial charge is 0.394 e. The molecule has 4 aliphatic heterocycles. The zero-order valence-corrected chi connectivity index (χ0v) is 31.2. The maximum atomic E-state index is 11.2. The van der Waals surface area contributed by atoms with Crippen LogP contribution >= 0.6 is 0 Å². The molecular formula is C39H64O13. The molecule has 13 heteroatoms. The monoisotopic (exact) mass is 740 g/mol. The van der Waals surface area contributed by atoms with Gasteiger partial charge in [0.1, 0.15) is 48.8 Å². The van der Waals surface area contributed by atoms with E-state index in [0.29, 0.717) is 41.4 Å². The molecule has 8 fully saturated rings. The van der Waals surface area contributed by atoms with E-state index in [1.54, 1.807) is 0 Å². The van der Waals surface area contributed by atoms with Crippen molar-refractivity contribution in [1.29, 1.82) is 0 Å². The van der Waals surface area contributed by atoms with E-state index in [-0.39, 0.29) is 23.0 Å². The third-order valence-corrected chi connectivity index (χ3v) is 16.1. The number of rotatable bonds is 6. The number of aliphatic hydroxyl groups excluding tert-OH is 7. The average molecular weight is 741 g/mol. The summed E-state index contributed by atoms with van der Waals surface area (Å²) >= 11 is 0. The lowest BCUT2D eigenvalue weighted by molar-refractivity contribution is -0.373. The third kappa shape index (κ3) is 5.98. The number of hydrogen-bond donors (Lipinski definition) is 7. The Balaban J connectivity index is 0.980. The molecule has 13 nitrogen and oxygen atoms in total. The molecule has 4 saturated carbocycles. The van der Waals surface area contributed by atoms with Crippen LogP contribution in [0, 0.1) is 52.3 Å². The van der Waals surface area contributed by atoms with Crippen LogP contribution in [0.3, 0.4) is 0 Å². The molecule has 1 spiro atoms. The zero-order chi connectivity index (χ0) is 36.9. The zero-order valence-electron chi connectivity index (χ0n) is 31.2. The summed E-state index contributed by atoms with van der Waals surface area (Å²) in [7, 11) is 0. The third-order valence-electron chi connectivity index (χ3n) is 16.1. The molecule has 4 heterocycles. The fourth-order valence-corrected chi connectivity index (χ4v) is 13.3. The van der Waals surface area contributed by atoms with Gasteiger partial charge in [0.15, 0.2) is 18.4 Å². The van der Waals surface area contributed by atoms with Crippen molar-refractivity contribution in [3.05, 3.63) is 0 Å². The van der Waals surface area contributed by atoms with E-state index in [9.17, 15) is 35.7 Å². The quantitative estimate of drug-likeness (QED) is 0.194. The highest BCUT2D eigenvalue weighted by molar-refractivity contribution is 5.15. The lowest BCUT2D eigenvalue weighted by Gasteiger charge is -2.61. The number of hydrogen-bond acceptors (Lipinski definition) is 13. The molecule has 0 bridgehead atoms. The Morgan fingerprint density at radius 3 is 2.08 bits per heavy atom. The molecule has 298 valence electrons. The van der Waals surface area contributed by atoms with Gasteiger partial charge in [-0.25, -0.2) is 0 Å². The predicted molar refractivity (Wildman–Crippen MR) is 183 cm³/mol. The van der Waals surface area contributed by atoms with E-state index in [4.69, 9.17) is 28.4 Å². The fraction of sp³-hybridized carbons (Fsp3) is 1.00. The summed E-state index contributed by atoms with van der Waals surface area (Å²) in [4.78, 5) is 0. The Bertz CT molecular complexity index is 1260. The van der Waals surface area contributed by atoms with Gasteiger partial charge in [0.25, 0.3) is 0 Å². The molecule has 4 aliphatic carbocycles. The number of aliphatic hydroxyl groups is 7. The van der Waals surface area contributed by atoms with E-state index in [0.717, 1.165) is 45.1 Å². The Morgan fingerprint density at radius 2 is 1.38 bits per heavy atom. The van der Waals surface area contributed by atoms with Gasteiger partial charge in [-0.2, -0.15) is 0 Å². The molecule has 0 aromatic rings. The summed E-state index contributed by atoms with van der Waals surface area (Å²) in [5.41, 5.74) is 0.244. The van der Waals surface area contributed by atoms with Crippen molar-refractivity contribution in [2.75, 3.05) is 19.8 Å². The van der Waals surface area contributed by atoms with Crippen LogP contribution in [-0.4, -0.2) is 135 Å². The Kier molecular flexibility index (Phi) is 10.4. The second-order valence-corrected chi connectivity index (χ2v) is 18.7. The van der Waals surface area contributed by atoms with Gasteiger partial charge in [-0.05, 0) is 104 Å². The smallest absolute Gasteiger partial charge is 0.187 e. The fourth-order valence-electron chi connectivity index (χ4n) is 13.3. The van der Waals surface area contributed by atoms with E-state index >= 15 is 0 Å². The van der Waals surface area contributed by atoms with E-state index in [1.807, 2.05) is 0 Å². The molecule has 0 aromatic heterocycles. The first kappa shape index (κ1) is 38.4. The Labute approximate surface area is 307 Å². The minimum Gasteiger partial charge on any atom is -0.394 e. The van der Waals surface area contributed by atoms with E-state index < -0.39 is 80.4 Å². The van der Waals surface area contributed by atoms with Crippen molar-refractivity contribution in [2.45, 2.75) is 171 Å². The van der Waals surface area contributed by atoms with Crippen molar-refractivity contribution >= 4 is 0 Å². The minimum absolute atomic E-state index is 0.0258. The van der Waals surface area contributed by atoms with Crippen molar-refractivity contribution in [3.8, 4) is 0 Å². The first-order valence-corrected chi connectivity index (χ1v) is 20.3. The van der Waals surface area contributed by atoms with Crippen LogP contribution in [0.5, 0.6) is 0 Å². The van der Waals surface area contributed by atoms with Crippen LogP contribution in [0.2, 0.25) is 0 Å². The van der Waals surface area contributed by atoms with Crippen LogP contribution in [0.1, 0.15) is 91.9 Å². The van der Waals surface area contributed by atoms with Gasteiger partial charge in [-0.1, -0.05) is 27.7 Å². The molecule has 8 aliphatic rings. The maximum Gasteiger partial charge on any atom is 0.187 e. The highest BCUT2D eigenvalue weighted by Crippen LogP contribution is 2.71. The van der Waals surface area contributed by atoms with Crippen LogP contribution in [0.15, 0.2) is 0 Å². The van der Waals surface area contributed by atoms with Gasteiger partial charge in [0.05, 0.1) is 32.0 Å². The lowest BCUT2D eigenvalue weighted by Crippen LogP contribution is -2.65. The second-order valence-electron chi connectivity index (χ2n) is 18.7. The molecule has 4 saturated heterocycles. The summed E-state index contributed by atoms with van der Waals surface area (Å²) in [6, 6.07) is 0.